The van der Waals surface area contributed by atoms with Crippen LogP contribution in [0.15, 0.2) is 42.6 Å². The zero-order valence-corrected chi connectivity index (χ0v) is 9.48. The number of rotatable bonds is 3. The number of nitrogens with one attached hydrogen (secondary N) is 1. The number of aromatic amines is 1. The van der Waals surface area contributed by atoms with Crippen molar-refractivity contribution in [1.82, 2.24) is 9.88 Å². The fourth-order valence-electron chi connectivity index (χ4n) is 1.65. The van der Waals surface area contributed by atoms with Crippen molar-refractivity contribution in [3.8, 4) is 0 Å². The molecule has 1 N–H and O–H groups in total. The number of amides is 1. The molecule has 0 atom stereocenters. The Morgan fingerprint density at radius 3 is 2.82 bits per heavy atom. The fraction of sp³-hybridized carbons (Fsp3) is 0.154. The molecule has 2 aromatic rings. The molecule has 4 heteroatoms. The fourth-order valence-corrected chi connectivity index (χ4v) is 1.65. The molecule has 0 spiro atoms. The number of aromatic nitrogens is 1. The maximum Gasteiger partial charge on any atom is 0.270 e. The van der Waals surface area contributed by atoms with E-state index in [9.17, 15) is 9.18 Å². The smallest absolute Gasteiger partial charge is 0.270 e. The number of hydrogen-bond acceptors (Lipinski definition) is 1. The van der Waals surface area contributed by atoms with E-state index in [1.165, 1.54) is 12.1 Å². The van der Waals surface area contributed by atoms with Gasteiger partial charge in [-0.2, -0.15) is 0 Å². The van der Waals surface area contributed by atoms with Gasteiger partial charge in [-0.1, -0.05) is 12.1 Å². The standard InChI is InChI=1S/C13H13FN2O/c1-16(13(17)12-6-3-7-15-12)9-10-4-2-5-11(14)8-10/h2-8,15H,9H2,1H3. The number of carbonyl (C=O) groups excluding carboxylic acids is 1. The highest BCUT2D eigenvalue weighted by Crippen LogP contribution is 2.08. The first kappa shape index (κ1) is 11.4. The summed E-state index contributed by atoms with van der Waals surface area (Å²) in [5.74, 6) is -0.400. The third-order valence-corrected chi connectivity index (χ3v) is 2.48. The summed E-state index contributed by atoms with van der Waals surface area (Å²) in [5, 5.41) is 0. The van der Waals surface area contributed by atoms with E-state index in [1.54, 1.807) is 42.4 Å². The summed E-state index contributed by atoms with van der Waals surface area (Å²) >= 11 is 0. The van der Waals surface area contributed by atoms with Gasteiger partial charge in [0, 0.05) is 19.8 Å². The van der Waals surface area contributed by atoms with Crippen molar-refractivity contribution in [2.45, 2.75) is 6.54 Å². The molecular weight excluding hydrogens is 219 g/mol. The van der Waals surface area contributed by atoms with Gasteiger partial charge in [0.2, 0.25) is 0 Å². The van der Waals surface area contributed by atoms with Gasteiger partial charge in [-0.05, 0) is 29.8 Å². The number of benzene rings is 1. The number of carbonyl (C=O) groups is 1. The molecule has 1 heterocycles. The molecule has 0 aliphatic heterocycles. The van der Waals surface area contributed by atoms with Crippen molar-refractivity contribution >= 4 is 5.91 Å². The molecule has 0 bridgehead atoms. The maximum absolute atomic E-state index is 13.0. The number of nitrogens with zero attached hydrogens (tertiary/aromatic N) is 1. The molecule has 0 radical (unpaired) electrons. The van der Waals surface area contributed by atoms with Crippen LogP contribution >= 0.6 is 0 Å². The van der Waals surface area contributed by atoms with E-state index >= 15 is 0 Å². The van der Waals surface area contributed by atoms with E-state index < -0.39 is 0 Å². The molecule has 1 aromatic heterocycles. The molecule has 0 unspecified atom stereocenters. The van der Waals surface area contributed by atoms with Gasteiger partial charge in [0.25, 0.3) is 5.91 Å². The number of hydrogen-bond donors (Lipinski definition) is 1. The van der Waals surface area contributed by atoms with Gasteiger partial charge in [0.1, 0.15) is 11.5 Å². The number of H-pyrrole nitrogens is 1. The van der Waals surface area contributed by atoms with E-state index in [0.717, 1.165) is 5.56 Å². The Morgan fingerprint density at radius 1 is 1.35 bits per heavy atom. The molecule has 17 heavy (non-hydrogen) atoms. The zero-order valence-electron chi connectivity index (χ0n) is 9.48. The molecule has 1 amide bonds. The highest BCUT2D eigenvalue weighted by Gasteiger charge is 2.12. The van der Waals surface area contributed by atoms with E-state index in [0.29, 0.717) is 12.2 Å². The van der Waals surface area contributed by atoms with E-state index in [-0.39, 0.29) is 11.7 Å². The van der Waals surface area contributed by atoms with Crippen LogP contribution in [0, 0.1) is 5.82 Å². The summed E-state index contributed by atoms with van der Waals surface area (Å²) in [5.41, 5.74) is 1.30. The van der Waals surface area contributed by atoms with Crippen molar-refractivity contribution < 1.29 is 9.18 Å². The van der Waals surface area contributed by atoms with E-state index in [1.807, 2.05) is 0 Å². The van der Waals surface area contributed by atoms with Crippen LogP contribution in [0.1, 0.15) is 16.1 Å². The van der Waals surface area contributed by atoms with Crippen LogP contribution in [0.25, 0.3) is 0 Å². The van der Waals surface area contributed by atoms with Crippen LogP contribution in [0.2, 0.25) is 0 Å². The third kappa shape index (κ3) is 2.72. The Balaban J connectivity index is 2.07. The minimum atomic E-state index is -0.289. The third-order valence-electron chi connectivity index (χ3n) is 2.48. The average molecular weight is 232 g/mol. The lowest BCUT2D eigenvalue weighted by Gasteiger charge is -2.16. The van der Waals surface area contributed by atoms with Crippen LogP contribution in [0.4, 0.5) is 4.39 Å². The molecule has 1 aromatic carbocycles. The minimum absolute atomic E-state index is 0.112. The molecule has 0 saturated carbocycles. The summed E-state index contributed by atoms with van der Waals surface area (Å²) in [6, 6.07) is 9.72. The Kier molecular flexibility index (Phi) is 3.23. The normalized spacial score (nSPS) is 10.2. The topological polar surface area (TPSA) is 36.1 Å². The van der Waals surface area contributed by atoms with Gasteiger partial charge in [0.05, 0.1) is 0 Å². The Hall–Kier alpha value is -2.10. The molecule has 0 aliphatic rings. The van der Waals surface area contributed by atoms with Crippen molar-refractivity contribution in [3.63, 3.8) is 0 Å². The molecule has 2 rings (SSSR count). The molecule has 88 valence electrons. The predicted molar refractivity (Wildman–Crippen MR) is 63.0 cm³/mol. The van der Waals surface area contributed by atoms with Gasteiger partial charge in [-0.15, -0.1) is 0 Å². The van der Waals surface area contributed by atoms with Crippen LogP contribution < -0.4 is 0 Å². The van der Waals surface area contributed by atoms with Crippen LogP contribution in [0.5, 0.6) is 0 Å². The first-order valence-electron chi connectivity index (χ1n) is 5.30. The first-order chi connectivity index (χ1) is 8.16. The molecule has 0 saturated heterocycles. The second kappa shape index (κ2) is 4.82. The second-order valence-electron chi connectivity index (χ2n) is 3.87. The van der Waals surface area contributed by atoms with Crippen molar-refractivity contribution in [2.24, 2.45) is 0 Å². The summed E-state index contributed by atoms with van der Waals surface area (Å²) in [4.78, 5) is 16.3. The molecular formula is C13H13FN2O. The second-order valence-corrected chi connectivity index (χ2v) is 3.87. The van der Waals surface area contributed by atoms with Crippen LogP contribution in [-0.4, -0.2) is 22.8 Å². The predicted octanol–water partition coefficient (Wildman–Crippen LogP) is 2.43. The summed E-state index contributed by atoms with van der Waals surface area (Å²) < 4.78 is 13.0. The largest absolute Gasteiger partial charge is 0.357 e. The molecule has 0 aliphatic carbocycles. The van der Waals surface area contributed by atoms with Crippen molar-refractivity contribution in [1.29, 1.82) is 0 Å². The quantitative estimate of drug-likeness (QED) is 0.866. The number of halogens is 1. The summed E-state index contributed by atoms with van der Waals surface area (Å²) in [6.07, 6.45) is 1.70. The lowest BCUT2D eigenvalue weighted by Crippen LogP contribution is -2.26. The van der Waals surface area contributed by atoms with E-state index in [2.05, 4.69) is 4.98 Å². The Morgan fingerprint density at radius 2 is 2.18 bits per heavy atom. The van der Waals surface area contributed by atoms with Gasteiger partial charge >= 0.3 is 0 Å². The Labute approximate surface area is 98.9 Å². The van der Waals surface area contributed by atoms with Crippen molar-refractivity contribution in [3.05, 3.63) is 59.7 Å². The maximum atomic E-state index is 13.0. The summed E-state index contributed by atoms with van der Waals surface area (Å²) in [6.45, 7) is 0.385. The molecule has 3 nitrogen and oxygen atoms in total. The lowest BCUT2D eigenvalue weighted by molar-refractivity contribution is 0.0780. The highest BCUT2D eigenvalue weighted by atomic mass is 19.1. The van der Waals surface area contributed by atoms with Gasteiger partial charge in [-0.25, -0.2) is 4.39 Å². The van der Waals surface area contributed by atoms with Crippen LogP contribution in [0.3, 0.4) is 0 Å². The zero-order chi connectivity index (χ0) is 12.3. The minimum Gasteiger partial charge on any atom is -0.357 e. The molecule has 0 fully saturated rings. The summed E-state index contributed by atoms with van der Waals surface area (Å²) in [7, 11) is 1.69. The monoisotopic (exact) mass is 232 g/mol. The lowest BCUT2D eigenvalue weighted by atomic mass is 10.2. The average Bonchev–Trinajstić information content (AvgIpc) is 2.81. The van der Waals surface area contributed by atoms with Crippen LogP contribution in [-0.2, 0) is 6.54 Å². The van der Waals surface area contributed by atoms with E-state index in [4.69, 9.17) is 0 Å². The first-order valence-corrected chi connectivity index (χ1v) is 5.30. The van der Waals surface area contributed by atoms with Gasteiger partial charge < -0.3 is 9.88 Å². The van der Waals surface area contributed by atoms with Gasteiger partial charge in [-0.3, -0.25) is 4.79 Å². The highest BCUT2D eigenvalue weighted by molar-refractivity contribution is 5.92. The Bertz CT molecular complexity index is 508. The van der Waals surface area contributed by atoms with Crippen molar-refractivity contribution in [2.75, 3.05) is 7.05 Å². The SMILES string of the molecule is CN(Cc1cccc(F)c1)C(=O)c1ccc[nH]1. The van der Waals surface area contributed by atoms with Gasteiger partial charge in [0.15, 0.2) is 0 Å².